The molecule has 10 heavy (non-hydrogen) atoms. The quantitative estimate of drug-likeness (QED) is 0.443. The van der Waals surface area contributed by atoms with Crippen LogP contribution < -0.4 is 11.4 Å². The molecule has 0 radical (unpaired) electrons. The molecule has 0 aliphatic heterocycles. The van der Waals surface area contributed by atoms with E-state index in [1.54, 1.807) is 0 Å². The van der Waals surface area contributed by atoms with E-state index in [-0.39, 0.29) is 0 Å². The summed E-state index contributed by atoms with van der Waals surface area (Å²) in [4.78, 5) is 22.9. The van der Waals surface area contributed by atoms with Gasteiger partial charge in [0.05, 0.1) is 0 Å². The standard InChI is InChI=1S/C4H7N3O3/c1-2(8)7-4(10)5-3(9)6-7/h2,8H,1H3,(H2,5,6,9,10). The molecule has 6 heteroatoms. The van der Waals surface area contributed by atoms with Crippen molar-refractivity contribution < 1.29 is 5.11 Å². The van der Waals surface area contributed by atoms with E-state index in [9.17, 15) is 9.59 Å². The molecule has 1 unspecified atom stereocenters. The molecule has 0 saturated heterocycles. The molecule has 1 heterocycles. The predicted octanol–water partition coefficient (Wildman–Crippen LogP) is -1.62. The summed E-state index contributed by atoms with van der Waals surface area (Å²) >= 11 is 0. The second kappa shape index (κ2) is 2.14. The van der Waals surface area contributed by atoms with Gasteiger partial charge in [-0.3, -0.25) is 4.98 Å². The molecular formula is C4H7N3O3. The summed E-state index contributed by atoms with van der Waals surface area (Å²) in [5.41, 5.74) is -1.26. The lowest BCUT2D eigenvalue weighted by molar-refractivity contribution is 0.106. The van der Waals surface area contributed by atoms with Gasteiger partial charge in [-0.15, -0.1) is 0 Å². The zero-order chi connectivity index (χ0) is 7.72. The van der Waals surface area contributed by atoms with E-state index in [2.05, 4.69) is 5.10 Å². The van der Waals surface area contributed by atoms with Gasteiger partial charge in [0.15, 0.2) is 0 Å². The third-order valence-electron chi connectivity index (χ3n) is 1.03. The molecular weight excluding hydrogens is 138 g/mol. The summed E-state index contributed by atoms with van der Waals surface area (Å²) < 4.78 is 0.794. The minimum atomic E-state index is -1.01. The number of H-pyrrole nitrogens is 2. The van der Waals surface area contributed by atoms with Crippen LogP contribution in [0.15, 0.2) is 9.59 Å². The highest BCUT2D eigenvalue weighted by atomic mass is 16.3. The summed E-state index contributed by atoms with van der Waals surface area (Å²) in [6, 6.07) is 0. The summed E-state index contributed by atoms with van der Waals surface area (Å²) in [6.45, 7) is 1.37. The Morgan fingerprint density at radius 3 is 2.40 bits per heavy atom. The molecule has 0 aliphatic carbocycles. The Balaban J connectivity index is 3.29. The van der Waals surface area contributed by atoms with E-state index < -0.39 is 17.6 Å². The number of nitrogens with zero attached hydrogens (tertiary/aromatic N) is 1. The first-order chi connectivity index (χ1) is 4.61. The predicted molar refractivity (Wildman–Crippen MR) is 32.6 cm³/mol. The van der Waals surface area contributed by atoms with Crippen LogP contribution in [0, 0.1) is 0 Å². The van der Waals surface area contributed by atoms with Gasteiger partial charge < -0.3 is 5.11 Å². The van der Waals surface area contributed by atoms with Gasteiger partial charge >= 0.3 is 11.4 Å². The lowest BCUT2D eigenvalue weighted by atomic mass is 10.7. The van der Waals surface area contributed by atoms with Gasteiger partial charge in [0, 0.05) is 0 Å². The monoisotopic (exact) mass is 145 g/mol. The van der Waals surface area contributed by atoms with Gasteiger partial charge in [-0.2, -0.15) is 0 Å². The fourth-order valence-corrected chi connectivity index (χ4v) is 0.609. The highest BCUT2D eigenvalue weighted by Gasteiger charge is 2.02. The molecule has 0 fully saturated rings. The highest BCUT2D eigenvalue weighted by Crippen LogP contribution is 1.86. The highest BCUT2D eigenvalue weighted by molar-refractivity contribution is 4.62. The maximum Gasteiger partial charge on any atom is 0.346 e. The van der Waals surface area contributed by atoms with Crippen molar-refractivity contribution in [2.75, 3.05) is 0 Å². The molecule has 1 aromatic heterocycles. The van der Waals surface area contributed by atoms with E-state index >= 15 is 0 Å². The number of hydrogen-bond donors (Lipinski definition) is 3. The lowest BCUT2D eigenvalue weighted by Crippen LogP contribution is -2.21. The number of aliphatic hydroxyl groups excluding tert-OH is 1. The molecule has 0 bridgehead atoms. The van der Waals surface area contributed by atoms with Crippen LogP contribution >= 0.6 is 0 Å². The summed E-state index contributed by atoms with van der Waals surface area (Å²) in [5, 5.41) is 10.9. The van der Waals surface area contributed by atoms with Gasteiger partial charge in [-0.05, 0) is 6.92 Å². The minimum Gasteiger partial charge on any atom is -0.372 e. The van der Waals surface area contributed by atoms with Crippen LogP contribution in [0.5, 0.6) is 0 Å². The molecule has 3 N–H and O–H groups in total. The van der Waals surface area contributed by atoms with Crippen LogP contribution in [0.25, 0.3) is 0 Å². The molecule has 56 valence electrons. The second-order valence-corrected chi connectivity index (χ2v) is 1.87. The van der Waals surface area contributed by atoms with Crippen molar-refractivity contribution in [2.24, 2.45) is 0 Å². The van der Waals surface area contributed by atoms with E-state index in [0.717, 1.165) is 4.68 Å². The fraction of sp³-hybridized carbons (Fsp3) is 0.500. The van der Waals surface area contributed by atoms with Crippen molar-refractivity contribution in [1.82, 2.24) is 14.8 Å². The van der Waals surface area contributed by atoms with Crippen LogP contribution in [-0.2, 0) is 0 Å². The van der Waals surface area contributed by atoms with Crippen molar-refractivity contribution in [3.63, 3.8) is 0 Å². The maximum atomic E-state index is 10.6. The maximum absolute atomic E-state index is 10.6. The van der Waals surface area contributed by atoms with Crippen molar-refractivity contribution in [2.45, 2.75) is 13.2 Å². The van der Waals surface area contributed by atoms with Crippen molar-refractivity contribution in [1.29, 1.82) is 0 Å². The van der Waals surface area contributed by atoms with Gasteiger partial charge in [0.25, 0.3) is 0 Å². The average Bonchev–Trinajstić information content (AvgIpc) is 2.10. The first-order valence-corrected chi connectivity index (χ1v) is 2.70. The summed E-state index contributed by atoms with van der Waals surface area (Å²) in [6.07, 6.45) is -1.01. The molecule has 0 aliphatic rings. The summed E-state index contributed by atoms with van der Waals surface area (Å²) in [5.74, 6) is 0. The molecule has 1 atom stereocenters. The average molecular weight is 145 g/mol. The van der Waals surface area contributed by atoms with E-state index in [1.807, 2.05) is 4.98 Å². The van der Waals surface area contributed by atoms with Crippen LogP contribution in [0.2, 0.25) is 0 Å². The molecule has 1 rings (SSSR count). The van der Waals surface area contributed by atoms with E-state index in [1.165, 1.54) is 6.92 Å². The lowest BCUT2D eigenvalue weighted by Gasteiger charge is -1.99. The Labute approximate surface area is 55.1 Å². The van der Waals surface area contributed by atoms with Gasteiger partial charge in [0.2, 0.25) is 0 Å². The van der Waals surface area contributed by atoms with Gasteiger partial charge in [-0.25, -0.2) is 19.4 Å². The van der Waals surface area contributed by atoms with Crippen molar-refractivity contribution >= 4 is 0 Å². The number of aromatic nitrogens is 3. The van der Waals surface area contributed by atoms with Crippen LogP contribution in [0.1, 0.15) is 13.2 Å². The zero-order valence-corrected chi connectivity index (χ0v) is 5.29. The van der Waals surface area contributed by atoms with Crippen molar-refractivity contribution in [3.8, 4) is 0 Å². The van der Waals surface area contributed by atoms with Crippen LogP contribution in [0.3, 0.4) is 0 Å². The smallest absolute Gasteiger partial charge is 0.346 e. The molecule has 0 saturated carbocycles. The molecule has 0 spiro atoms. The molecule has 0 aromatic carbocycles. The number of rotatable bonds is 1. The second-order valence-electron chi connectivity index (χ2n) is 1.87. The minimum absolute atomic E-state index is 0.620. The zero-order valence-electron chi connectivity index (χ0n) is 5.29. The normalized spacial score (nSPS) is 13.4. The summed E-state index contributed by atoms with van der Waals surface area (Å²) in [7, 11) is 0. The van der Waals surface area contributed by atoms with E-state index in [0.29, 0.717) is 0 Å². The van der Waals surface area contributed by atoms with Gasteiger partial charge in [0.1, 0.15) is 6.23 Å². The third kappa shape index (κ3) is 1.01. The van der Waals surface area contributed by atoms with Gasteiger partial charge in [-0.1, -0.05) is 0 Å². The van der Waals surface area contributed by atoms with E-state index in [4.69, 9.17) is 5.11 Å². The first-order valence-electron chi connectivity index (χ1n) is 2.70. The number of nitrogens with one attached hydrogen (secondary N) is 2. The number of aromatic amines is 2. The molecule has 1 aromatic rings. The topological polar surface area (TPSA) is 90.9 Å². The Morgan fingerprint density at radius 1 is 1.60 bits per heavy atom. The van der Waals surface area contributed by atoms with Crippen LogP contribution in [-0.4, -0.2) is 19.9 Å². The molecule has 6 nitrogen and oxygen atoms in total. The third-order valence-corrected chi connectivity index (χ3v) is 1.03. The number of aliphatic hydroxyl groups is 1. The fourth-order valence-electron chi connectivity index (χ4n) is 0.609. The Bertz CT molecular complexity index is 317. The Hall–Kier alpha value is -1.30. The van der Waals surface area contributed by atoms with Crippen molar-refractivity contribution in [3.05, 3.63) is 21.0 Å². The number of hydrogen-bond acceptors (Lipinski definition) is 3. The Kier molecular flexibility index (Phi) is 1.46. The Morgan fingerprint density at radius 2 is 2.20 bits per heavy atom. The SMILES string of the molecule is CC(O)n1[nH]c(=O)[nH]c1=O. The van der Waals surface area contributed by atoms with Crippen LogP contribution in [0.4, 0.5) is 0 Å². The largest absolute Gasteiger partial charge is 0.372 e. The first kappa shape index (κ1) is 6.81. The molecule has 0 amide bonds.